The van der Waals surface area contributed by atoms with Crippen LogP contribution in [-0.4, -0.2) is 35.0 Å². The molecule has 0 atom stereocenters. The monoisotopic (exact) mass is 435 g/mol. The first-order valence-corrected chi connectivity index (χ1v) is 11.6. The van der Waals surface area contributed by atoms with Crippen LogP contribution in [0.3, 0.4) is 0 Å². The number of nitrogens with one attached hydrogen (secondary N) is 1. The Kier molecular flexibility index (Phi) is 5.69. The summed E-state index contributed by atoms with van der Waals surface area (Å²) in [4.78, 5) is 14.9. The number of aryl methyl sites for hydroxylation is 1. The first-order valence-electron chi connectivity index (χ1n) is 10.2. The molecular formula is C24H25N3O3S. The molecule has 160 valence electrons. The number of benzene rings is 3. The van der Waals surface area contributed by atoms with Crippen LogP contribution in [0.2, 0.25) is 0 Å². The topological polar surface area (TPSA) is 69.7 Å². The quantitative estimate of drug-likeness (QED) is 0.654. The van der Waals surface area contributed by atoms with Crippen LogP contribution in [-0.2, 0) is 16.4 Å². The van der Waals surface area contributed by atoms with Crippen molar-refractivity contribution >= 4 is 33.0 Å². The largest absolute Gasteiger partial charge is 0.378 e. The van der Waals surface area contributed by atoms with Crippen molar-refractivity contribution in [2.24, 2.45) is 0 Å². The maximum atomic E-state index is 13.2. The third-order valence-electron chi connectivity index (χ3n) is 5.40. The molecule has 31 heavy (non-hydrogen) atoms. The Bertz CT molecular complexity index is 1190. The van der Waals surface area contributed by atoms with Gasteiger partial charge in [0.05, 0.1) is 10.6 Å². The second-order valence-electron chi connectivity index (χ2n) is 7.73. The molecule has 4 rings (SSSR count). The van der Waals surface area contributed by atoms with Crippen molar-refractivity contribution in [2.75, 3.05) is 35.2 Å². The SMILES string of the molecule is CN(C)c1ccc(C(=O)Nc2ccc3c(c2)N(S(=O)(=O)c2ccccc2)CCC3)cc1. The summed E-state index contributed by atoms with van der Waals surface area (Å²) in [5.41, 5.74) is 3.69. The number of fused-ring (bicyclic) bond motifs is 1. The predicted molar refractivity (Wildman–Crippen MR) is 124 cm³/mol. The normalized spacial score (nSPS) is 13.4. The summed E-state index contributed by atoms with van der Waals surface area (Å²) in [7, 11) is 0.214. The number of hydrogen-bond donors (Lipinski definition) is 1. The zero-order chi connectivity index (χ0) is 22.0. The van der Waals surface area contributed by atoms with Gasteiger partial charge in [0.15, 0.2) is 0 Å². The van der Waals surface area contributed by atoms with Crippen molar-refractivity contribution < 1.29 is 13.2 Å². The molecule has 1 N–H and O–H groups in total. The molecule has 0 aliphatic carbocycles. The third kappa shape index (κ3) is 4.27. The van der Waals surface area contributed by atoms with Crippen molar-refractivity contribution in [2.45, 2.75) is 17.7 Å². The van der Waals surface area contributed by atoms with E-state index in [4.69, 9.17) is 0 Å². The number of hydrogen-bond acceptors (Lipinski definition) is 4. The van der Waals surface area contributed by atoms with Crippen molar-refractivity contribution in [1.29, 1.82) is 0 Å². The van der Waals surface area contributed by atoms with Gasteiger partial charge in [0, 0.05) is 37.6 Å². The molecule has 0 radical (unpaired) electrons. The summed E-state index contributed by atoms with van der Waals surface area (Å²) >= 11 is 0. The van der Waals surface area contributed by atoms with Crippen LogP contribution >= 0.6 is 0 Å². The number of rotatable bonds is 5. The second kappa shape index (κ2) is 8.43. The lowest BCUT2D eigenvalue weighted by atomic mass is 10.0. The van der Waals surface area contributed by atoms with Crippen molar-refractivity contribution in [3.63, 3.8) is 0 Å². The molecule has 3 aromatic rings. The predicted octanol–water partition coefficient (Wildman–Crippen LogP) is 4.15. The van der Waals surface area contributed by atoms with E-state index in [-0.39, 0.29) is 10.8 Å². The van der Waals surface area contributed by atoms with E-state index in [0.29, 0.717) is 23.5 Å². The van der Waals surface area contributed by atoms with Gasteiger partial charge in [0.2, 0.25) is 0 Å². The summed E-state index contributed by atoms with van der Waals surface area (Å²) in [6.07, 6.45) is 1.55. The number of amides is 1. The fourth-order valence-electron chi connectivity index (χ4n) is 3.70. The Labute approximate surface area is 183 Å². The molecule has 0 bridgehead atoms. The number of anilines is 3. The Balaban J connectivity index is 1.61. The molecule has 0 spiro atoms. The smallest absolute Gasteiger partial charge is 0.264 e. The molecule has 1 heterocycles. The summed E-state index contributed by atoms with van der Waals surface area (Å²) in [6.45, 7) is 0.410. The van der Waals surface area contributed by atoms with Gasteiger partial charge in [-0.2, -0.15) is 0 Å². The average molecular weight is 436 g/mol. The average Bonchev–Trinajstić information content (AvgIpc) is 2.79. The Morgan fingerprint density at radius 2 is 1.68 bits per heavy atom. The standard InChI is InChI=1S/C24H25N3O3S/c1-26(2)21-14-11-19(12-15-21)24(28)25-20-13-10-18-7-6-16-27(23(18)17-20)31(29,30)22-8-4-3-5-9-22/h3-5,8-15,17H,6-7,16H2,1-2H3,(H,25,28). The van der Waals surface area contributed by atoms with E-state index in [1.807, 2.05) is 43.3 Å². The molecule has 0 saturated carbocycles. The van der Waals surface area contributed by atoms with E-state index in [1.54, 1.807) is 48.5 Å². The van der Waals surface area contributed by atoms with Crippen molar-refractivity contribution in [3.05, 3.63) is 83.9 Å². The maximum absolute atomic E-state index is 13.2. The van der Waals surface area contributed by atoms with Crippen molar-refractivity contribution in [1.82, 2.24) is 0 Å². The fourth-order valence-corrected chi connectivity index (χ4v) is 5.26. The minimum atomic E-state index is -3.67. The highest BCUT2D eigenvalue weighted by Crippen LogP contribution is 2.34. The van der Waals surface area contributed by atoms with Gasteiger partial charge < -0.3 is 10.2 Å². The lowest BCUT2D eigenvalue weighted by molar-refractivity contribution is 0.102. The molecule has 6 nitrogen and oxygen atoms in total. The van der Waals surface area contributed by atoms with Crippen LogP contribution in [0.1, 0.15) is 22.3 Å². The number of nitrogens with zero attached hydrogens (tertiary/aromatic N) is 2. The Hall–Kier alpha value is -3.32. The van der Waals surface area contributed by atoms with Crippen LogP contribution in [0.4, 0.5) is 17.1 Å². The Morgan fingerprint density at radius 3 is 2.35 bits per heavy atom. The van der Waals surface area contributed by atoms with E-state index in [1.165, 1.54) is 4.31 Å². The highest BCUT2D eigenvalue weighted by molar-refractivity contribution is 7.92. The molecule has 3 aromatic carbocycles. The summed E-state index contributed by atoms with van der Waals surface area (Å²) in [6, 6.07) is 21.2. The molecule has 0 fully saturated rings. The van der Waals surface area contributed by atoms with Gasteiger partial charge in [0.1, 0.15) is 0 Å². The summed E-state index contributed by atoms with van der Waals surface area (Å²) < 4.78 is 27.9. The van der Waals surface area contributed by atoms with Gasteiger partial charge in [-0.05, 0) is 66.9 Å². The highest BCUT2D eigenvalue weighted by Gasteiger charge is 2.29. The molecule has 0 unspecified atom stereocenters. The van der Waals surface area contributed by atoms with E-state index in [0.717, 1.165) is 24.1 Å². The van der Waals surface area contributed by atoms with Crippen molar-refractivity contribution in [3.8, 4) is 0 Å². The number of carbonyl (C=O) groups excluding carboxylic acids is 1. The van der Waals surface area contributed by atoms with E-state index >= 15 is 0 Å². The molecule has 1 aliphatic rings. The van der Waals surface area contributed by atoms with Crippen LogP contribution in [0.5, 0.6) is 0 Å². The Morgan fingerprint density at radius 1 is 0.968 bits per heavy atom. The van der Waals surface area contributed by atoms with Crippen LogP contribution < -0.4 is 14.5 Å². The first-order chi connectivity index (χ1) is 14.9. The highest BCUT2D eigenvalue weighted by atomic mass is 32.2. The molecule has 0 aromatic heterocycles. The third-order valence-corrected chi connectivity index (χ3v) is 7.22. The van der Waals surface area contributed by atoms with Crippen LogP contribution in [0.25, 0.3) is 0 Å². The van der Waals surface area contributed by atoms with E-state index in [2.05, 4.69) is 5.32 Å². The molecule has 0 saturated heterocycles. The van der Waals surface area contributed by atoms with E-state index in [9.17, 15) is 13.2 Å². The minimum Gasteiger partial charge on any atom is -0.378 e. The fraction of sp³-hybridized carbons (Fsp3) is 0.208. The van der Waals surface area contributed by atoms with Crippen LogP contribution in [0.15, 0.2) is 77.7 Å². The summed E-state index contributed by atoms with van der Waals surface area (Å²) in [5, 5.41) is 2.89. The molecular weight excluding hydrogens is 410 g/mol. The minimum absolute atomic E-state index is 0.237. The zero-order valence-corrected chi connectivity index (χ0v) is 18.4. The molecule has 7 heteroatoms. The first kappa shape index (κ1) is 20.9. The van der Waals surface area contributed by atoms with Gasteiger partial charge >= 0.3 is 0 Å². The van der Waals surface area contributed by atoms with E-state index < -0.39 is 10.0 Å². The van der Waals surface area contributed by atoms with Crippen LogP contribution in [0, 0.1) is 0 Å². The van der Waals surface area contributed by atoms with Gasteiger partial charge in [-0.15, -0.1) is 0 Å². The molecule has 1 amide bonds. The number of carbonyl (C=O) groups is 1. The lowest BCUT2D eigenvalue weighted by Crippen LogP contribution is -2.35. The van der Waals surface area contributed by atoms with Gasteiger partial charge in [0.25, 0.3) is 15.9 Å². The van der Waals surface area contributed by atoms with Gasteiger partial charge in [-0.1, -0.05) is 24.3 Å². The maximum Gasteiger partial charge on any atom is 0.264 e. The second-order valence-corrected chi connectivity index (χ2v) is 9.60. The molecule has 1 aliphatic heterocycles. The van der Waals surface area contributed by atoms with Gasteiger partial charge in [-0.3, -0.25) is 9.10 Å². The zero-order valence-electron chi connectivity index (χ0n) is 17.6. The van der Waals surface area contributed by atoms with Gasteiger partial charge in [-0.25, -0.2) is 8.42 Å². The lowest BCUT2D eigenvalue weighted by Gasteiger charge is -2.31. The summed E-state index contributed by atoms with van der Waals surface area (Å²) in [5.74, 6) is -0.237. The number of sulfonamides is 1.